The second-order valence-corrected chi connectivity index (χ2v) is 2.67. The maximum atomic E-state index is 11.0. The molecule has 0 aromatic carbocycles. The number of hydrogen-bond donors (Lipinski definition) is 2. The first kappa shape index (κ1) is 8.20. The predicted molar refractivity (Wildman–Crippen MR) is 37.8 cm³/mol. The average molecular weight is 157 g/mol. The molecule has 4 heteroatoms. The van der Waals surface area contributed by atoms with Crippen LogP contribution in [0.4, 0.5) is 0 Å². The molecule has 0 saturated carbocycles. The third-order valence-electron chi connectivity index (χ3n) is 1.78. The van der Waals surface area contributed by atoms with Crippen LogP contribution in [0.2, 0.25) is 0 Å². The molecule has 0 bridgehead atoms. The van der Waals surface area contributed by atoms with E-state index in [1.165, 1.54) is 0 Å². The highest BCUT2D eigenvalue weighted by atomic mass is 16.3. The molecule has 0 aromatic heterocycles. The molecule has 1 amide bonds. The number of nitrogens with one attached hydrogen (secondary N) is 1. The van der Waals surface area contributed by atoms with Crippen LogP contribution in [0.5, 0.6) is 0 Å². The van der Waals surface area contributed by atoms with Gasteiger partial charge < -0.3 is 10.4 Å². The van der Waals surface area contributed by atoms with Crippen molar-refractivity contribution < 1.29 is 14.7 Å². The van der Waals surface area contributed by atoms with E-state index in [9.17, 15) is 9.59 Å². The van der Waals surface area contributed by atoms with Gasteiger partial charge in [0, 0.05) is 18.9 Å². The van der Waals surface area contributed by atoms with Gasteiger partial charge in [-0.15, -0.1) is 0 Å². The molecule has 1 saturated heterocycles. The monoisotopic (exact) mass is 157 g/mol. The van der Waals surface area contributed by atoms with Gasteiger partial charge in [-0.05, 0) is 6.42 Å². The van der Waals surface area contributed by atoms with Crippen molar-refractivity contribution in [1.29, 1.82) is 0 Å². The molecular weight excluding hydrogens is 146 g/mol. The maximum absolute atomic E-state index is 11.0. The molecule has 2 N–H and O–H groups in total. The van der Waals surface area contributed by atoms with E-state index in [2.05, 4.69) is 5.32 Å². The van der Waals surface area contributed by atoms with Crippen molar-refractivity contribution in [2.75, 3.05) is 13.2 Å². The zero-order valence-electron chi connectivity index (χ0n) is 6.17. The molecule has 0 spiro atoms. The molecular formula is C7H11NO3. The molecule has 1 atom stereocenters. The number of aliphatic hydroxyl groups excluding tert-OH is 1. The van der Waals surface area contributed by atoms with E-state index >= 15 is 0 Å². The molecule has 11 heavy (non-hydrogen) atoms. The second-order valence-electron chi connectivity index (χ2n) is 2.67. The summed E-state index contributed by atoms with van der Waals surface area (Å²) in [6.07, 6.45) is 0.671. The number of ketones is 1. The molecule has 1 heterocycles. The van der Waals surface area contributed by atoms with Gasteiger partial charge in [0.2, 0.25) is 5.91 Å². The van der Waals surface area contributed by atoms with Crippen molar-refractivity contribution in [3.63, 3.8) is 0 Å². The van der Waals surface area contributed by atoms with Crippen LogP contribution in [0, 0.1) is 5.92 Å². The van der Waals surface area contributed by atoms with Gasteiger partial charge in [-0.2, -0.15) is 0 Å². The van der Waals surface area contributed by atoms with E-state index in [1.807, 2.05) is 0 Å². The smallest absolute Gasteiger partial charge is 0.224 e. The van der Waals surface area contributed by atoms with Crippen molar-refractivity contribution in [3.05, 3.63) is 0 Å². The summed E-state index contributed by atoms with van der Waals surface area (Å²) in [6.45, 7) is 0.117. The summed E-state index contributed by atoms with van der Waals surface area (Å²) in [5.74, 6) is -0.372. The lowest BCUT2D eigenvalue weighted by atomic mass is 9.95. The third-order valence-corrected chi connectivity index (χ3v) is 1.78. The zero-order chi connectivity index (χ0) is 8.27. The van der Waals surface area contributed by atoms with Gasteiger partial charge >= 0.3 is 0 Å². The van der Waals surface area contributed by atoms with Crippen LogP contribution in [0.15, 0.2) is 0 Å². The Labute approximate surface area is 64.6 Å². The Bertz CT molecular complexity index is 179. The molecule has 1 unspecified atom stereocenters. The first-order valence-corrected chi connectivity index (χ1v) is 3.64. The molecule has 1 fully saturated rings. The van der Waals surface area contributed by atoms with Crippen molar-refractivity contribution in [1.82, 2.24) is 5.32 Å². The van der Waals surface area contributed by atoms with Gasteiger partial charge in [-0.25, -0.2) is 0 Å². The Hall–Kier alpha value is -0.900. The molecule has 1 aliphatic rings. The number of Topliss-reactive ketones (excluding diaryl/α,β-unsaturated/α-hetero) is 1. The first-order valence-electron chi connectivity index (χ1n) is 3.64. The van der Waals surface area contributed by atoms with Gasteiger partial charge in [-0.1, -0.05) is 0 Å². The lowest BCUT2D eigenvalue weighted by Gasteiger charge is -2.19. The molecule has 0 aliphatic carbocycles. The summed E-state index contributed by atoms with van der Waals surface area (Å²) in [4.78, 5) is 21.8. The van der Waals surface area contributed by atoms with Gasteiger partial charge in [0.05, 0.1) is 6.54 Å². The lowest BCUT2D eigenvalue weighted by Crippen LogP contribution is -2.42. The fourth-order valence-electron chi connectivity index (χ4n) is 1.16. The minimum Gasteiger partial charge on any atom is -0.396 e. The van der Waals surface area contributed by atoms with Gasteiger partial charge in [0.1, 0.15) is 0 Å². The highest BCUT2D eigenvalue weighted by molar-refractivity contribution is 5.94. The van der Waals surface area contributed by atoms with Gasteiger partial charge in [0.15, 0.2) is 5.78 Å². The molecule has 62 valence electrons. The minimum absolute atomic E-state index is 0.0363. The van der Waals surface area contributed by atoms with E-state index in [1.54, 1.807) is 0 Å². The quantitative estimate of drug-likeness (QED) is 0.544. The lowest BCUT2D eigenvalue weighted by molar-refractivity contribution is -0.134. The van der Waals surface area contributed by atoms with Gasteiger partial charge in [0.25, 0.3) is 0 Å². The van der Waals surface area contributed by atoms with E-state index in [0.29, 0.717) is 6.42 Å². The molecule has 4 nitrogen and oxygen atoms in total. The Balaban J connectivity index is 2.47. The predicted octanol–water partition coefficient (Wildman–Crippen LogP) is -0.926. The Kier molecular flexibility index (Phi) is 2.59. The maximum Gasteiger partial charge on any atom is 0.224 e. The first-order chi connectivity index (χ1) is 5.24. The van der Waals surface area contributed by atoms with Crippen LogP contribution >= 0.6 is 0 Å². The topological polar surface area (TPSA) is 66.4 Å². The van der Waals surface area contributed by atoms with Gasteiger partial charge in [-0.3, -0.25) is 9.59 Å². The number of hydrogen-bond acceptors (Lipinski definition) is 3. The minimum atomic E-state index is -0.304. The largest absolute Gasteiger partial charge is 0.396 e. The van der Waals surface area contributed by atoms with Crippen molar-refractivity contribution >= 4 is 11.7 Å². The number of carbonyl (C=O) groups excluding carboxylic acids is 2. The summed E-state index contributed by atoms with van der Waals surface area (Å²) in [5.41, 5.74) is 0. The summed E-state index contributed by atoms with van der Waals surface area (Å²) in [5, 5.41) is 11.0. The van der Waals surface area contributed by atoms with Crippen molar-refractivity contribution in [2.24, 2.45) is 5.92 Å². The van der Waals surface area contributed by atoms with Crippen LogP contribution in [0.3, 0.4) is 0 Å². The molecule has 0 radical (unpaired) electrons. The molecule has 0 aromatic rings. The van der Waals surface area contributed by atoms with Crippen molar-refractivity contribution in [2.45, 2.75) is 12.8 Å². The summed E-state index contributed by atoms with van der Waals surface area (Å²) < 4.78 is 0. The standard InChI is InChI=1S/C7H11NO3/c9-2-1-5-3-6(10)4-8-7(5)11/h5,9H,1-4H2,(H,8,11). The average Bonchev–Trinajstić information content (AvgIpc) is 1.98. The normalized spacial score (nSPS) is 25.0. The second kappa shape index (κ2) is 3.48. The van der Waals surface area contributed by atoms with Crippen LogP contribution < -0.4 is 5.32 Å². The number of amides is 1. The molecule has 1 aliphatic heterocycles. The SMILES string of the molecule is O=C1CNC(=O)C(CCO)C1. The highest BCUT2D eigenvalue weighted by Gasteiger charge is 2.25. The number of rotatable bonds is 2. The van der Waals surface area contributed by atoms with Crippen LogP contribution in [-0.2, 0) is 9.59 Å². The van der Waals surface area contributed by atoms with Crippen molar-refractivity contribution in [3.8, 4) is 0 Å². The summed E-state index contributed by atoms with van der Waals surface area (Å²) in [7, 11) is 0. The number of piperidine rings is 1. The summed E-state index contributed by atoms with van der Waals surface area (Å²) >= 11 is 0. The number of carbonyl (C=O) groups is 2. The van der Waals surface area contributed by atoms with E-state index in [4.69, 9.17) is 5.11 Å². The highest BCUT2D eigenvalue weighted by Crippen LogP contribution is 2.11. The molecule has 1 rings (SSSR count). The zero-order valence-corrected chi connectivity index (χ0v) is 6.17. The van der Waals surface area contributed by atoms with E-state index in [-0.39, 0.29) is 37.2 Å². The fourth-order valence-corrected chi connectivity index (χ4v) is 1.16. The summed E-state index contributed by atoms with van der Waals surface area (Å²) in [6, 6.07) is 0. The van der Waals surface area contributed by atoms with Crippen LogP contribution in [0.25, 0.3) is 0 Å². The fraction of sp³-hybridized carbons (Fsp3) is 0.714. The number of aliphatic hydroxyl groups is 1. The third kappa shape index (κ3) is 2.01. The Morgan fingerprint density at radius 1 is 1.55 bits per heavy atom. The Morgan fingerprint density at radius 2 is 2.27 bits per heavy atom. The Morgan fingerprint density at radius 3 is 2.91 bits per heavy atom. The van der Waals surface area contributed by atoms with E-state index < -0.39 is 0 Å². The van der Waals surface area contributed by atoms with Crippen LogP contribution in [0.1, 0.15) is 12.8 Å². The van der Waals surface area contributed by atoms with Crippen LogP contribution in [-0.4, -0.2) is 29.9 Å². The van der Waals surface area contributed by atoms with E-state index in [0.717, 1.165) is 0 Å².